The van der Waals surface area contributed by atoms with Gasteiger partial charge in [-0.1, -0.05) is 11.6 Å². The quantitative estimate of drug-likeness (QED) is 0.879. The minimum absolute atomic E-state index is 0.328. The van der Waals surface area contributed by atoms with E-state index in [2.05, 4.69) is 10.2 Å². The molecule has 1 heterocycles. The van der Waals surface area contributed by atoms with Crippen molar-refractivity contribution < 1.29 is 14.7 Å². The van der Waals surface area contributed by atoms with Gasteiger partial charge in [0.2, 0.25) is 0 Å². The first-order valence-corrected chi connectivity index (χ1v) is 6.88. The van der Waals surface area contributed by atoms with Crippen molar-refractivity contribution in [3.8, 4) is 0 Å². The first-order chi connectivity index (χ1) is 9.49. The number of carboxylic acid groups (broad SMARTS) is 1. The van der Waals surface area contributed by atoms with E-state index < -0.39 is 12.0 Å². The zero-order valence-electron chi connectivity index (χ0n) is 11.8. The van der Waals surface area contributed by atoms with Gasteiger partial charge in [0, 0.05) is 18.8 Å². The van der Waals surface area contributed by atoms with Crippen LogP contribution in [0.25, 0.3) is 0 Å². The van der Waals surface area contributed by atoms with Crippen LogP contribution in [-0.4, -0.2) is 36.1 Å². The van der Waals surface area contributed by atoms with E-state index in [9.17, 15) is 9.59 Å². The maximum absolute atomic E-state index is 12.3. The average molecular weight is 276 g/mol. The number of anilines is 1. The molecule has 1 aliphatic heterocycles. The van der Waals surface area contributed by atoms with Gasteiger partial charge in [-0.3, -0.25) is 9.59 Å². The number of carbonyl (C=O) groups excluding carboxylic acids is 1. The second-order valence-corrected chi connectivity index (χ2v) is 5.25. The minimum Gasteiger partial charge on any atom is -0.480 e. The second-order valence-electron chi connectivity index (χ2n) is 5.25. The highest BCUT2D eigenvalue weighted by Gasteiger charge is 2.22. The van der Waals surface area contributed by atoms with Crippen LogP contribution in [-0.2, 0) is 4.79 Å². The lowest BCUT2D eigenvalue weighted by Gasteiger charge is -2.22. The van der Waals surface area contributed by atoms with E-state index >= 15 is 0 Å². The van der Waals surface area contributed by atoms with E-state index in [0.717, 1.165) is 37.2 Å². The highest BCUT2D eigenvalue weighted by Crippen LogP contribution is 2.25. The van der Waals surface area contributed by atoms with Gasteiger partial charge >= 0.3 is 5.97 Å². The van der Waals surface area contributed by atoms with Crippen LogP contribution >= 0.6 is 0 Å². The van der Waals surface area contributed by atoms with Gasteiger partial charge in [-0.05, 0) is 38.8 Å². The Morgan fingerprint density at radius 2 is 1.95 bits per heavy atom. The van der Waals surface area contributed by atoms with Crippen LogP contribution in [0.1, 0.15) is 35.7 Å². The van der Waals surface area contributed by atoms with Crippen molar-refractivity contribution in [2.75, 3.05) is 18.0 Å². The molecule has 0 radical (unpaired) electrons. The Labute approximate surface area is 118 Å². The third-order valence-corrected chi connectivity index (χ3v) is 3.56. The lowest BCUT2D eigenvalue weighted by atomic mass is 10.1. The van der Waals surface area contributed by atoms with Crippen LogP contribution in [0.5, 0.6) is 0 Å². The molecule has 1 aromatic carbocycles. The van der Waals surface area contributed by atoms with Crippen LogP contribution in [0.3, 0.4) is 0 Å². The molecule has 1 fully saturated rings. The summed E-state index contributed by atoms with van der Waals surface area (Å²) in [7, 11) is 0. The zero-order chi connectivity index (χ0) is 14.7. The molecular formula is C15H20N2O3. The lowest BCUT2D eigenvalue weighted by Crippen LogP contribution is -2.39. The molecule has 5 heteroatoms. The van der Waals surface area contributed by atoms with Gasteiger partial charge in [0.1, 0.15) is 6.04 Å². The Morgan fingerprint density at radius 1 is 1.30 bits per heavy atom. The number of nitrogens with zero attached hydrogens (tertiary/aromatic N) is 1. The number of hydrogen-bond donors (Lipinski definition) is 2. The molecule has 108 valence electrons. The van der Waals surface area contributed by atoms with Crippen LogP contribution in [0.4, 0.5) is 5.69 Å². The molecule has 0 saturated carbocycles. The Balaban J connectivity index is 2.26. The summed E-state index contributed by atoms with van der Waals surface area (Å²) in [6.45, 7) is 5.27. The maximum atomic E-state index is 12.3. The monoisotopic (exact) mass is 276 g/mol. The second kappa shape index (κ2) is 5.94. The topological polar surface area (TPSA) is 69.6 Å². The Kier molecular flexibility index (Phi) is 4.27. The van der Waals surface area contributed by atoms with Crippen LogP contribution in [0.2, 0.25) is 0 Å². The molecule has 2 rings (SSSR count). The van der Waals surface area contributed by atoms with E-state index in [4.69, 9.17) is 5.11 Å². The summed E-state index contributed by atoms with van der Waals surface area (Å²) in [5, 5.41) is 11.4. The number of rotatable bonds is 4. The number of aliphatic carboxylic acids is 1. The SMILES string of the molecule is Cc1ccc(N2CCCC2)c(C(=O)N[C@H](C)C(=O)O)c1. The summed E-state index contributed by atoms with van der Waals surface area (Å²) in [6, 6.07) is 4.85. The van der Waals surface area contributed by atoms with Crippen LogP contribution in [0, 0.1) is 6.92 Å². The molecule has 1 amide bonds. The summed E-state index contributed by atoms with van der Waals surface area (Å²) in [6.07, 6.45) is 2.25. The van der Waals surface area contributed by atoms with Gasteiger partial charge in [-0.25, -0.2) is 0 Å². The summed E-state index contributed by atoms with van der Waals surface area (Å²) >= 11 is 0. The maximum Gasteiger partial charge on any atom is 0.325 e. The largest absolute Gasteiger partial charge is 0.480 e. The zero-order valence-corrected chi connectivity index (χ0v) is 11.8. The van der Waals surface area contributed by atoms with E-state index in [1.807, 2.05) is 25.1 Å². The summed E-state index contributed by atoms with van der Waals surface area (Å²) in [4.78, 5) is 25.3. The Bertz CT molecular complexity index is 522. The van der Waals surface area contributed by atoms with Crippen molar-refractivity contribution in [2.45, 2.75) is 32.7 Å². The number of nitrogens with one attached hydrogen (secondary N) is 1. The van der Waals surface area contributed by atoms with Crippen molar-refractivity contribution >= 4 is 17.6 Å². The molecule has 2 N–H and O–H groups in total. The summed E-state index contributed by atoms with van der Waals surface area (Å²) < 4.78 is 0. The normalized spacial score (nSPS) is 16.0. The summed E-state index contributed by atoms with van der Waals surface area (Å²) in [5.41, 5.74) is 2.43. The Hall–Kier alpha value is -2.04. The van der Waals surface area contributed by atoms with Crippen molar-refractivity contribution in [2.24, 2.45) is 0 Å². The molecule has 5 nitrogen and oxygen atoms in total. The highest BCUT2D eigenvalue weighted by molar-refractivity contribution is 6.01. The number of aryl methyl sites for hydroxylation is 1. The lowest BCUT2D eigenvalue weighted by molar-refractivity contribution is -0.138. The van der Waals surface area contributed by atoms with Gasteiger partial charge in [-0.2, -0.15) is 0 Å². The van der Waals surface area contributed by atoms with E-state index in [1.165, 1.54) is 6.92 Å². The molecule has 0 spiro atoms. The Morgan fingerprint density at radius 3 is 2.55 bits per heavy atom. The molecule has 0 unspecified atom stereocenters. The predicted octanol–water partition coefficient (Wildman–Crippen LogP) is 1.80. The van der Waals surface area contributed by atoms with Gasteiger partial charge < -0.3 is 15.3 Å². The smallest absolute Gasteiger partial charge is 0.325 e. The fourth-order valence-corrected chi connectivity index (χ4v) is 2.40. The van der Waals surface area contributed by atoms with Crippen molar-refractivity contribution in [3.63, 3.8) is 0 Å². The number of carboxylic acids is 1. The van der Waals surface area contributed by atoms with Crippen molar-refractivity contribution in [1.82, 2.24) is 5.32 Å². The van der Waals surface area contributed by atoms with Crippen molar-refractivity contribution in [1.29, 1.82) is 0 Å². The molecule has 0 aromatic heterocycles. The summed E-state index contributed by atoms with van der Waals surface area (Å²) in [5.74, 6) is -1.36. The molecule has 1 saturated heterocycles. The first-order valence-electron chi connectivity index (χ1n) is 6.88. The third kappa shape index (κ3) is 3.10. The van der Waals surface area contributed by atoms with Crippen molar-refractivity contribution in [3.05, 3.63) is 29.3 Å². The minimum atomic E-state index is -1.03. The van der Waals surface area contributed by atoms with Gasteiger partial charge in [-0.15, -0.1) is 0 Å². The van der Waals surface area contributed by atoms with Crippen LogP contribution in [0.15, 0.2) is 18.2 Å². The van der Waals surface area contributed by atoms with E-state index in [-0.39, 0.29) is 5.91 Å². The molecule has 1 aliphatic rings. The first kappa shape index (κ1) is 14.4. The predicted molar refractivity (Wildman–Crippen MR) is 77.2 cm³/mol. The van der Waals surface area contributed by atoms with E-state index in [0.29, 0.717) is 5.56 Å². The number of hydrogen-bond acceptors (Lipinski definition) is 3. The van der Waals surface area contributed by atoms with Crippen LogP contribution < -0.4 is 10.2 Å². The fraction of sp³-hybridized carbons (Fsp3) is 0.467. The number of carbonyl (C=O) groups is 2. The average Bonchev–Trinajstić information content (AvgIpc) is 2.92. The molecule has 1 aromatic rings. The van der Waals surface area contributed by atoms with E-state index in [1.54, 1.807) is 0 Å². The third-order valence-electron chi connectivity index (χ3n) is 3.56. The molecular weight excluding hydrogens is 256 g/mol. The number of benzene rings is 1. The molecule has 0 bridgehead atoms. The molecule has 20 heavy (non-hydrogen) atoms. The highest BCUT2D eigenvalue weighted by atomic mass is 16.4. The van der Waals surface area contributed by atoms with Gasteiger partial charge in [0.05, 0.1) is 5.56 Å². The number of amides is 1. The van der Waals surface area contributed by atoms with Gasteiger partial charge in [0.15, 0.2) is 0 Å². The molecule has 1 atom stereocenters. The van der Waals surface area contributed by atoms with Gasteiger partial charge in [0.25, 0.3) is 5.91 Å². The fourth-order valence-electron chi connectivity index (χ4n) is 2.40. The standard InChI is InChI=1S/C15H20N2O3/c1-10-5-6-13(17-7-3-4-8-17)12(9-10)14(18)16-11(2)15(19)20/h5-6,9,11H,3-4,7-8H2,1-2H3,(H,16,18)(H,19,20)/t11-/m1/s1. The molecule has 0 aliphatic carbocycles.